The minimum absolute atomic E-state index is 0.215. The molecule has 3 unspecified atom stereocenters. The third kappa shape index (κ3) is 3.93. The van der Waals surface area contributed by atoms with E-state index in [1.807, 2.05) is 6.07 Å². The zero-order chi connectivity index (χ0) is 15.4. The first kappa shape index (κ1) is 16.2. The second-order valence-electron chi connectivity index (χ2n) is 5.66. The first-order valence-electron chi connectivity index (χ1n) is 7.49. The maximum absolute atomic E-state index is 13.8. The first-order chi connectivity index (χ1) is 10.0. The van der Waals surface area contributed by atoms with Crippen LogP contribution in [0.5, 0.6) is 5.75 Å². The van der Waals surface area contributed by atoms with Crippen LogP contribution in [-0.2, 0) is 4.74 Å². The fourth-order valence-corrected chi connectivity index (χ4v) is 2.78. The molecule has 1 saturated heterocycles. The summed E-state index contributed by atoms with van der Waals surface area (Å²) in [6, 6.07) is 5.09. The number of nitrogens with two attached hydrogens (primary N) is 1. The lowest BCUT2D eigenvalue weighted by Gasteiger charge is -2.39. The van der Waals surface area contributed by atoms with Crippen molar-refractivity contribution in [1.82, 2.24) is 4.90 Å². The number of halogens is 1. The molecule has 4 nitrogen and oxygen atoms in total. The summed E-state index contributed by atoms with van der Waals surface area (Å²) in [5, 5.41) is 0. The molecule has 5 heteroatoms. The molecular weight excluding hydrogens is 271 g/mol. The molecular formula is C16H25FN2O2. The summed E-state index contributed by atoms with van der Waals surface area (Å²) in [6.07, 6.45) is 1.24. The van der Waals surface area contributed by atoms with Gasteiger partial charge in [0.05, 0.1) is 19.8 Å². The topological polar surface area (TPSA) is 47.7 Å². The Kier molecular flexibility index (Phi) is 5.56. The van der Waals surface area contributed by atoms with Gasteiger partial charge >= 0.3 is 0 Å². The van der Waals surface area contributed by atoms with Gasteiger partial charge in [-0.05, 0) is 31.0 Å². The molecule has 0 bridgehead atoms. The second-order valence-corrected chi connectivity index (χ2v) is 5.66. The monoisotopic (exact) mass is 296 g/mol. The van der Waals surface area contributed by atoms with E-state index in [-0.39, 0.29) is 23.7 Å². The number of methoxy groups -OCH3 is 1. The van der Waals surface area contributed by atoms with Gasteiger partial charge in [-0.2, -0.15) is 0 Å². The zero-order valence-corrected chi connectivity index (χ0v) is 13.0. The van der Waals surface area contributed by atoms with Crippen LogP contribution in [0.15, 0.2) is 18.2 Å². The van der Waals surface area contributed by atoms with Crippen LogP contribution in [0.1, 0.15) is 31.9 Å². The van der Waals surface area contributed by atoms with Crippen molar-refractivity contribution in [3.8, 4) is 5.75 Å². The van der Waals surface area contributed by atoms with Crippen molar-refractivity contribution in [3.63, 3.8) is 0 Å². The highest BCUT2D eigenvalue weighted by atomic mass is 19.1. The minimum Gasteiger partial charge on any atom is -0.494 e. The highest BCUT2D eigenvalue weighted by Gasteiger charge is 2.27. The van der Waals surface area contributed by atoms with E-state index in [4.69, 9.17) is 15.2 Å². The van der Waals surface area contributed by atoms with Gasteiger partial charge in [-0.15, -0.1) is 0 Å². The van der Waals surface area contributed by atoms with Crippen molar-refractivity contribution in [2.24, 2.45) is 5.73 Å². The van der Waals surface area contributed by atoms with Crippen LogP contribution in [0, 0.1) is 5.82 Å². The summed E-state index contributed by atoms with van der Waals surface area (Å²) < 4.78 is 24.4. The Labute approximate surface area is 126 Å². The predicted molar refractivity (Wildman–Crippen MR) is 80.9 cm³/mol. The maximum Gasteiger partial charge on any atom is 0.165 e. The van der Waals surface area contributed by atoms with Crippen LogP contribution in [0.2, 0.25) is 0 Å². The highest BCUT2D eigenvalue weighted by Crippen LogP contribution is 2.23. The van der Waals surface area contributed by atoms with Gasteiger partial charge in [0.1, 0.15) is 0 Å². The summed E-state index contributed by atoms with van der Waals surface area (Å²) in [6.45, 7) is 6.53. The fraction of sp³-hybridized carbons (Fsp3) is 0.625. The predicted octanol–water partition coefficient (Wildman–Crippen LogP) is 2.33. The molecule has 0 aromatic heterocycles. The van der Waals surface area contributed by atoms with Crippen LogP contribution < -0.4 is 10.5 Å². The van der Waals surface area contributed by atoms with Gasteiger partial charge in [0, 0.05) is 25.2 Å². The molecule has 1 heterocycles. The van der Waals surface area contributed by atoms with Crippen molar-refractivity contribution < 1.29 is 13.9 Å². The molecule has 2 rings (SSSR count). The van der Waals surface area contributed by atoms with Crippen molar-refractivity contribution in [2.75, 3.05) is 26.8 Å². The molecule has 0 saturated carbocycles. The van der Waals surface area contributed by atoms with E-state index in [1.165, 1.54) is 13.2 Å². The van der Waals surface area contributed by atoms with Gasteiger partial charge in [-0.1, -0.05) is 13.0 Å². The van der Waals surface area contributed by atoms with E-state index in [0.717, 1.165) is 25.1 Å². The van der Waals surface area contributed by atoms with Gasteiger partial charge in [0.15, 0.2) is 11.6 Å². The van der Waals surface area contributed by atoms with Gasteiger partial charge in [-0.25, -0.2) is 4.39 Å². The van der Waals surface area contributed by atoms with Crippen molar-refractivity contribution >= 4 is 0 Å². The molecule has 1 aliphatic heterocycles. The number of benzene rings is 1. The molecule has 0 spiro atoms. The van der Waals surface area contributed by atoms with Crippen LogP contribution >= 0.6 is 0 Å². The minimum atomic E-state index is -0.368. The molecule has 118 valence electrons. The summed E-state index contributed by atoms with van der Waals surface area (Å²) >= 11 is 0. The lowest BCUT2D eigenvalue weighted by atomic mass is 10.0. The summed E-state index contributed by atoms with van der Waals surface area (Å²) in [4.78, 5) is 2.35. The standard InChI is InChI=1S/C16H25FN2O2/c1-4-13-10-21-11(2)8-19(13)9-15(18)12-5-6-16(20-3)14(17)7-12/h5-7,11,13,15H,4,8-10,18H2,1-3H3. The van der Waals surface area contributed by atoms with E-state index in [2.05, 4.69) is 18.7 Å². The van der Waals surface area contributed by atoms with E-state index in [1.54, 1.807) is 6.07 Å². The van der Waals surface area contributed by atoms with E-state index in [9.17, 15) is 4.39 Å². The van der Waals surface area contributed by atoms with Crippen LogP contribution in [0.4, 0.5) is 4.39 Å². The van der Waals surface area contributed by atoms with E-state index >= 15 is 0 Å². The number of rotatable bonds is 5. The Balaban J connectivity index is 2.05. The van der Waals surface area contributed by atoms with Gasteiger partial charge < -0.3 is 15.2 Å². The third-order valence-corrected chi connectivity index (χ3v) is 4.09. The van der Waals surface area contributed by atoms with Gasteiger partial charge in [0.25, 0.3) is 0 Å². The molecule has 0 radical (unpaired) electrons. The van der Waals surface area contributed by atoms with Gasteiger partial charge in [-0.3, -0.25) is 4.90 Å². The molecule has 0 amide bonds. The summed E-state index contributed by atoms with van der Waals surface area (Å²) in [5.41, 5.74) is 7.05. The summed E-state index contributed by atoms with van der Waals surface area (Å²) in [5.74, 6) is -0.120. The Morgan fingerprint density at radius 1 is 1.52 bits per heavy atom. The summed E-state index contributed by atoms with van der Waals surface area (Å²) in [7, 11) is 1.46. The number of nitrogens with zero attached hydrogens (tertiary/aromatic N) is 1. The van der Waals surface area contributed by atoms with Gasteiger partial charge in [0.2, 0.25) is 0 Å². The normalized spacial score (nSPS) is 24.8. The van der Waals surface area contributed by atoms with Crippen LogP contribution in [0.25, 0.3) is 0 Å². The average Bonchev–Trinajstić information content (AvgIpc) is 2.47. The van der Waals surface area contributed by atoms with Crippen LogP contribution in [-0.4, -0.2) is 43.9 Å². The largest absolute Gasteiger partial charge is 0.494 e. The van der Waals surface area contributed by atoms with Crippen molar-refractivity contribution in [1.29, 1.82) is 0 Å². The molecule has 1 aromatic rings. The first-order valence-corrected chi connectivity index (χ1v) is 7.49. The van der Waals surface area contributed by atoms with Crippen molar-refractivity contribution in [2.45, 2.75) is 38.5 Å². The SMILES string of the molecule is CCC1COC(C)CN1CC(N)c1ccc(OC)c(F)c1. The quantitative estimate of drug-likeness (QED) is 0.906. The Hall–Kier alpha value is -1.17. The smallest absolute Gasteiger partial charge is 0.165 e. The molecule has 1 aromatic carbocycles. The lowest BCUT2D eigenvalue weighted by Crippen LogP contribution is -2.50. The lowest BCUT2D eigenvalue weighted by molar-refractivity contribution is -0.0575. The fourth-order valence-electron chi connectivity index (χ4n) is 2.78. The maximum atomic E-state index is 13.8. The molecule has 21 heavy (non-hydrogen) atoms. The molecule has 3 atom stereocenters. The average molecular weight is 296 g/mol. The number of hydrogen-bond donors (Lipinski definition) is 1. The molecule has 1 aliphatic rings. The number of ether oxygens (including phenoxy) is 2. The zero-order valence-electron chi connectivity index (χ0n) is 13.0. The Morgan fingerprint density at radius 2 is 2.29 bits per heavy atom. The Bertz CT molecular complexity index is 470. The van der Waals surface area contributed by atoms with Crippen molar-refractivity contribution in [3.05, 3.63) is 29.6 Å². The molecule has 1 fully saturated rings. The molecule has 0 aliphatic carbocycles. The molecule has 2 N–H and O–H groups in total. The number of morpholine rings is 1. The second kappa shape index (κ2) is 7.20. The Morgan fingerprint density at radius 3 is 2.90 bits per heavy atom. The van der Waals surface area contributed by atoms with E-state index in [0.29, 0.717) is 12.6 Å². The highest BCUT2D eigenvalue weighted by molar-refractivity contribution is 5.31. The van der Waals surface area contributed by atoms with Crippen LogP contribution in [0.3, 0.4) is 0 Å². The third-order valence-electron chi connectivity index (χ3n) is 4.09. The van der Waals surface area contributed by atoms with E-state index < -0.39 is 0 Å². The number of hydrogen-bond acceptors (Lipinski definition) is 4.